The van der Waals surface area contributed by atoms with Gasteiger partial charge in [-0.3, -0.25) is 0 Å². The van der Waals surface area contributed by atoms with E-state index in [9.17, 15) is 29.6 Å². The number of rotatable bonds is 13. The van der Waals surface area contributed by atoms with Gasteiger partial charge < -0.3 is 0 Å². The van der Waals surface area contributed by atoms with Crippen LogP contribution in [0.5, 0.6) is 0 Å². The quantitative estimate of drug-likeness (QED) is 0.102. The Balaban J connectivity index is 1.79. The zero-order valence-electron chi connectivity index (χ0n) is 24.7. The molecule has 0 radical (unpaired) electrons. The molecule has 0 unspecified atom stereocenters. The van der Waals surface area contributed by atoms with Crippen LogP contribution >= 0.6 is 0 Å². The van der Waals surface area contributed by atoms with Crippen LogP contribution in [0.1, 0.15) is 11.1 Å². The van der Waals surface area contributed by atoms with E-state index < -0.39 is 30.2 Å². The maximum atomic E-state index is 14.3. The third-order valence-corrected chi connectivity index (χ3v) is 20.3. The predicted molar refractivity (Wildman–Crippen MR) is 174 cm³/mol. The van der Waals surface area contributed by atoms with E-state index in [1.165, 1.54) is 36.4 Å². The molecule has 0 atom stereocenters. The summed E-state index contributed by atoms with van der Waals surface area (Å²) in [6.45, 7) is 0. The molecule has 0 aromatic heterocycles. The summed E-state index contributed by atoms with van der Waals surface area (Å²) < 4.78 is 14.8. The summed E-state index contributed by atoms with van der Waals surface area (Å²) in [6, 6.07) is 38.4. The number of carboxylic acid groups (broad SMARTS) is 2. The Hall–Kier alpha value is -5.86. The minimum absolute atomic E-state index is 0.00181. The second kappa shape index (κ2) is 14.1. The second-order valence-electron chi connectivity index (χ2n) is 10.1. The average molecular weight is 737 g/mol. The maximum absolute atomic E-state index is 14.3. The molecule has 0 aliphatic rings. The summed E-state index contributed by atoms with van der Waals surface area (Å²) in [5, 5.41) is 22.1. The van der Waals surface area contributed by atoms with Gasteiger partial charge in [0.05, 0.1) is 0 Å². The van der Waals surface area contributed by atoms with E-state index in [4.69, 9.17) is 6.23 Å². The summed E-state index contributed by atoms with van der Waals surface area (Å²) in [4.78, 5) is 51.3. The molecular weight excluding hydrogens is 710 g/mol. The van der Waals surface area contributed by atoms with Crippen LogP contribution in [0.25, 0.3) is 12.2 Å². The topological polar surface area (TPSA) is 139 Å². The third-order valence-electron chi connectivity index (χ3n) is 7.12. The molecule has 0 amide bonds. The van der Waals surface area contributed by atoms with Crippen molar-refractivity contribution in [1.29, 1.82) is 0 Å². The normalized spacial score (nSPS) is 12.2. The number of carbonyl (C=O) groups excluding carboxylic acids is 2. The first-order valence-electron chi connectivity index (χ1n) is 14.2. The Bertz CT molecular complexity index is 1810. The fourth-order valence-electron chi connectivity index (χ4n) is 5.03. The van der Waals surface area contributed by atoms with E-state index in [0.717, 1.165) is 12.2 Å². The molecule has 0 saturated heterocycles. The molecule has 0 bridgehead atoms. The van der Waals surface area contributed by atoms with Crippen molar-refractivity contribution in [3.8, 4) is 0 Å². The van der Waals surface area contributed by atoms with Crippen molar-refractivity contribution in [3.63, 3.8) is 0 Å². The van der Waals surface area contributed by atoms with Crippen molar-refractivity contribution in [3.05, 3.63) is 173 Å². The number of carboxylic acids is 2. The Morgan fingerprint density at radius 3 is 1.17 bits per heavy atom. The minimum atomic E-state index is -6.36. The molecule has 5 rings (SSSR count). The molecule has 47 heavy (non-hydrogen) atoms. The summed E-state index contributed by atoms with van der Waals surface area (Å²) in [5.41, 5.74) is 0.776. The first-order chi connectivity index (χ1) is 22.7. The van der Waals surface area contributed by atoms with Gasteiger partial charge in [0.2, 0.25) is 0 Å². The van der Waals surface area contributed by atoms with Crippen LogP contribution < -0.4 is 20.7 Å². The van der Waals surface area contributed by atoms with Crippen molar-refractivity contribution < 1.29 is 35.9 Å². The van der Waals surface area contributed by atoms with Gasteiger partial charge in [-0.2, -0.15) is 0 Å². The number of hydrogen-bond acceptors (Lipinski definition) is 8. The fraction of sp³-hybridized carbons (Fsp3) is 0. The fourth-order valence-corrected chi connectivity index (χ4v) is 17.5. The predicted octanol–water partition coefficient (Wildman–Crippen LogP) is 2.71. The first-order valence-corrected chi connectivity index (χ1v) is 20.1. The summed E-state index contributed by atoms with van der Waals surface area (Å²) in [6.07, 6.45) is 4.24. The number of aliphatic carboxylic acids is 2. The number of nitrogens with zero attached hydrogens (tertiary/aromatic N) is 2. The van der Waals surface area contributed by atoms with E-state index in [1.807, 2.05) is 0 Å². The van der Waals surface area contributed by atoms with E-state index in [2.05, 4.69) is 0 Å². The van der Waals surface area contributed by atoms with Gasteiger partial charge in [-0.05, 0) is 0 Å². The van der Waals surface area contributed by atoms with E-state index in [1.54, 1.807) is 115 Å². The molecule has 0 saturated carbocycles. The molecule has 11 heteroatoms. The van der Waals surface area contributed by atoms with Gasteiger partial charge in [-0.1, -0.05) is 0 Å². The first kappa shape index (κ1) is 32.5. The number of benzene rings is 5. The molecule has 234 valence electrons. The molecule has 10 nitrogen and oxygen atoms in total. The van der Waals surface area contributed by atoms with Crippen LogP contribution in [0.15, 0.2) is 152 Å². The van der Waals surface area contributed by atoms with Gasteiger partial charge in [-0.15, -0.1) is 0 Å². The van der Waals surface area contributed by atoms with Crippen LogP contribution in [-0.2, 0) is 15.8 Å². The number of carbonyl (C=O) groups is 2. The van der Waals surface area contributed by atoms with Crippen LogP contribution in [-0.4, -0.2) is 40.0 Å². The monoisotopic (exact) mass is 736 g/mol. The Labute approximate surface area is 271 Å². The van der Waals surface area contributed by atoms with Crippen LogP contribution in [0.3, 0.4) is 0 Å². The van der Waals surface area contributed by atoms with Crippen LogP contribution in [0, 0.1) is 9.81 Å². The average Bonchev–Trinajstić information content (AvgIpc) is 3.11. The molecule has 0 fully saturated rings. The third kappa shape index (κ3) is 6.88. The van der Waals surface area contributed by atoms with Crippen molar-refractivity contribution in [2.24, 2.45) is 0 Å². The van der Waals surface area contributed by atoms with Crippen LogP contribution in [0.2, 0.25) is 0 Å². The van der Waals surface area contributed by atoms with Gasteiger partial charge in [0.15, 0.2) is 0 Å². The van der Waals surface area contributed by atoms with E-state index in [-0.39, 0.29) is 21.2 Å². The van der Waals surface area contributed by atoms with Gasteiger partial charge in [0.1, 0.15) is 0 Å². The number of hydrogen-bond donors (Lipinski definition) is 0. The second-order valence-corrected chi connectivity index (χ2v) is 21.0. The Kier molecular flexibility index (Phi) is 9.73. The SMILES string of the molecule is O=C([O-])C=Cc1cccc([N+](=O)[O][Sb]([O][N+](=O)c2cccc(C=CC(=O)[O-])c2)([c]2ccccc2)([c]2ccccc2)[c]2ccccc2)c1. The molecule has 0 aliphatic heterocycles. The molecule has 0 N–H and O–H groups in total. The zero-order chi connectivity index (χ0) is 33.3. The van der Waals surface area contributed by atoms with Crippen molar-refractivity contribution >= 4 is 64.2 Å². The molecule has 0 heterocycles. The molecule has 5 aromatic rings. The van der Waals surface area contributed by atoms with Crippen LogP contribution in [0.4, 0.5) is 11.4 Å². The van der Waals surface area contributed by atoms with Crippen molar-refractivity contribution in [2.75, 3.05) is 0 Å². The van der Waals surface area contributed by atoms with Gasteiger partial charge in [-0.25, -0.2) is 0 Å². The van der Waals surface area contributed by atoms with Crippen molar-refractivity contribution in [2.45, 2.75) is 0 Å². The van der Waals surface area contributed by atoms with Gasteiger partial charge in [0, 0.05) is 0 Å². The molecule has 5 aromatic carbocycles. The summed E-state index contributed by atoms with van der Waals surface area (Å²) in [7, 11) is 0. The Morgan fingerprint density at radius 1 is 0.511 bits per heavy atom. The Morgan fingerprint density at radius 2 is 0.851 bits per heavy atom. The molecular formula is C36H27N2O8Sb. The van der Waals surface area contributed by atoms with Gasteiger partial charge in [0.25, 0.3) is 0 Å². The van der Waals surface area contributed by atoms with Crippen molar-refractivity contribution in [1.82, 2.24) is 0 Å². The van der Waals surface area contributed by atoms with E-state index >= 15 is 0 Å². The zero-order valence-corrected chi connectivity index (χ0v) is 27.2. The summed E-state index contributed by atoms with van der Waals surface area (Å²) in [5.74, 6) is -2.81. The summed E-state index contributed by atoms with van der Waals surface area (Å²) >= 11 is -6.36. The standard InChI is InChI=1S/2C9H7NO4.3C6H5.Sb/c2*11-9(12)5-4-7-2-1-3-8(6-7)10(13)14;3*1-2-4-6-5-3-1;/h2*1-6H,(H,11,12);3*1-5H;/q;;;;;+2/p-2. The van der Waals surface area contributed by atoms with E-state index in [0.29, 0.717) is 21.7 Å². The molecule has 0 aliphatic carbocycles. The van der Waals surface area contributed by atoms with Gasteiger partial charge >= 0.3 is 273 Å². The molecule has 0 spiro atoms.